The van der Waals surface area contributed by atoms with Crippen molar-refractivity contribution in [3.8, 4) is 5.75 Å². The fourth-order valence-corrected chi connectivity index (χ4v) is 6.28. The third-order valence-electron chi connectivity index (χ3n) is 8.01. The first-order chi connectivity index (χ1) is 15.6. The molecule has 32 heavy (non-hydrogen) atoms. The smallest absolute Gasteiger partial charge is 0.175 e. The Hall–Kier alpha value is -1.90. The SMILES string of the molecule is C=CCOc1ccc2cc(C3CCC4CC(CCCCCC)CCC4C3)cc(F)c2c1F. The molecule has 4 unspecified atom stereocenters. The molecule has 0 N–H and O–H groups in total. The zero-order chi connectivity index (χ0) is 22.5. The molecule has 2 aromatic rings. The summed E-state index contributed by atoms with van der Waals surface area (Å²) in [5.74, 6) is 1.91. The van der Waals surface area contributed by atoms with Crippen molar-refractivity contribution in [3.05, 3.63) is 54.1 Å². The fourth-order valence-electron chi connectivity index (χ4n) is 6.28. The Morgan fingerprint density at radius 3 is 2.62 bits per heavy atom. The van der Waals surface area contributed by atoms with Gasteiger partial charge in [-0.2, -0.15) is 0 Å². The van der Waals surface area contributed by atoms with Crippen molar-refractivity contribution in [2.24, 2.45) is 17.8 Å². The van der Waals surface area contributed by atoms with E-state index in [0.717, 1.165) is 36.2 Å². The summed E-state index contributed by atoms with van der Waals surface area (Å²) < 4.78 is 35.2. The van der Waals surface area contributed by atoms with Gasteiger partial charge in [-0.1, -0.05) is 70.2 Å². The Labute approximate surface area is 192 Å². The highest BCUT2D eigenvalue weighted by atomic mass is 19.1. The standard InChI is InChI=1S/C29H38F2O/c1-3-5-6-7-8-20-9-10-22-17-23(12-11-21(22)16-20)25-18-24-13-14-27(32-15-4-2)29(31)28(24)26(30)19-25/h4,13-14,18-23H,2-3,5-12,15-17H2,1H3. The molecule has 0 heterocycles. The number of hydrogen-bond donors (Lipinski definition) is 0. The van der Waals surface area contributed by atoms with Crippen LogP contribution in [0.1, 0.15) is 89.0 Å². The Bertz CT molecular complexity index is 921. The molecule has 0 bridgehead atoms. The average Bonchev–Trinajstić information content (AvgIpc) is 2.80. The number of unbranched alkanes of at least 4 members (excludes halogenated alkanes) is 3. The molecule has 0 spiro atoms. The topological polar surface area (TPSA) is 9.23 Å². The molecule has 4 atom stereocenters. The van der Waals surface area contributed by atoms with Crippen molar-refractivity contribution in [3.63, 3.8) is 0 Å². The van der Waals surface area contributed by atoms with Crippen LogP contribution in [0.15, 0.2) is 36.9 Å². The van der Waals surface area contributed by atoms with Gasteiger partial charge in [0, 0.05) is 0 Å². The lowest BCUT2D eigenvalue weighted by Crippen LogP contribution is -2.30. The van der Waals surface area contributed by atoms with Crippen LogP contribution in [0.25, 0.3) is 10.8 Å². The summed E-state index contributed by atoms with van der Waals surface area (Å²) in [6.07, 6.45) is 16.0. The van der Waals surface area contributed by atoms with Crippen molar-refractivity contribution in [2.75, 3.05) is 6.61 Å². The second-order valence-corrected chi connectivity index (χ2v) is 10.1. The lowest BCUT2D eigenvalue weighted by molar-refractivity contribution is 0.113. The minimum atomic E-state index is -0.616. The molecule has 3 heteroatoms. The normalized spacial score (nSPS) is 25.5. The van der Waals surface area contributed by atoms with Crippen LogP contribution in [0, 0.1) is 29.4 Å². The van der Waals surface area contributed by atoms with E-state index in [1.165, 1.54) is 57.8 Å². The first-order valence-electron chi connectivity index (χ1n) is 12.8. The second-order valence-electron chi connectivity index (χ2n) is 10.1. The highest BCUT2D eigenvalue weighted by Crippen LogP contribution is 2.49. The van der Waals surface area contributed by atoms with Gasteiger partial charge in [0.1, 0.15) is 12.4 Å². The van der Waals surface area contributed by atoms with Gasteiger partial charge in [-0.05, 0) is 78.9 Å². The lowest BCUT2D eigenvalue weighted by atomic mass is 9.63. The highest BCUT2D eigenvalue weighted by molar-refractivity contribution is 5.86. The van der Waals surface area contributed by atoms with Crippen LogP contribution in [-0.2, 0) is 0 Å². The van der Waals surface area contributed by atoms with E-state index >= 15 is 4.39 Å². The summed E-state index contributed by atoms with van der Waals surface area (Å²) in [6.45, 7) is 6.06. The van der Waals surface area contributed by atoms with Gasteiger partial charge >= 0.3 is 0 Å². The number of benzene rings is 2. The molecule has 2 aliphatic carbocycles. The van der Waals surface area contributed by atoms with Crippen LogP contribution >= 0.6 is 0 Å². The van der Waals surface area contributed by atoms with Crippen molar-refractivity contribution in [1.82, 2.24) is 0 Å². The maximum atomic E-state index is 15.0. The number of halogens is 2. The molecule has 0 amide bonds. The Morgan fingerprint density at radius 1 is 1.00 bits per heavy atom. The van der Waals surface area contributed by atoms with Gasteiger partial charge in [-0.15, -0.1) is 0 Å². The molecule has 2 saturated carbocycles. The van der Waals surface area contributed by atoms with Gasteiger partial charge < -0.3 is 4.74 Å². The predicted molar refractivity (Wildman–Crippen MR) is 129 cm³/mol. The summed E-state index contributed by atoms with van der Waals surface area (Å²) in [4.78, 5) is 0. The molecule has 174 valence electrons. The Morgan fingerprint density at radius 2 is 1.81 bits per heavy atom. The van der Waals surface area contributed by atoms with Crippen LogP contribution in [0.2, 0.25) is 0 Å². The van der Waals surface area contributed by atoms with Gasteiger partial charge in [-0.25, -0.2) is 8.78 Å². The van der Waals surface area contributed by atoms with E-state index in [9.17, 15) is 4.39 Å². The number of ether oxygens (including phenoxy) is 1. The van der Waals surface area contributed by atoms with E-state index in [2.05, 4.69) is 13.5 Å². The number of hydrogen-bond acceptors (Lipinski definition) is 1. The maximum Gasteiger partial charge on any atom is 0.175 e. The summed E-state index contributed by atoms with van der Waals surface area (Å²) >= 11 is 0. The summed E-state index contributed by atoms with van der Waals surface area (Å²) in [6, 6.07) is 6.96. The summed E-state index contributed by atoms with van der Waals surface area (Å²) in [7, 11) is 0. The van der Waals surface area contributed by atoms with Gasteiger partial charge in [0.25, 0.3) is 0 Å². The molecule has 2 fully saturated rings. The second kappa shape index (κ2) is 10.8. The van der Waals surface area contributed by atoms with Crippen molar-refractivity contribution < 1.29 is 13.5 Å². The van der Waals surface area contributed by atoms with E-state index in [-0.39, 0.29) is 17.7 Å². The van der Waals surface area contributed by atoms with Gasteiger partial charge in [-0.3, -0.25) is 0 Å². The van der Waals surface area contributed by atoms with E-state index in [4.69, 9.17) is 4.74 Å². The third kappa shape index (κ3) is 5.18. The first-order valence-corrected chi connectivity index (χ1v) is 12.8. The summed E-state index contributed by atoms with van der Waals surface area (Å²) in [5, 5.41) is 0.661. The predicted octanol–water partition coefficient (Wildman–Crippen LogP) is 8.95. The zero-order valence-electron chi connectivity index (χ0n) is 19.6. The van der Waals surface area contributed by atoms with Crippen LogP contribution in [0.3, 0.4) is 0 Å². The molecule has 0 aromatic heterocycles. The van der Waals surface area contributed by atoms with Crippen molar-refractivity contribution >= 4 is 10.8 Å². The van der Waals surface area contributed by atoms with E-state index in [0.29, 0.717) is 11.3 Å². The monoisotopic (exact) mass is 440 g/mol. The maximum absolute atomic E-state index is 15.0. The molecular weight excluding hydrogens is 402 g/mol. The lowest BCUT2D eigenvalue weighted by Gasteiger charge is -2.42. The van der Waals surface area contributed by atoms with Crippen molar-refractivity contribution in [1.29, 1.82) is 0 Å². The molecule has 0 aliphatic heterocycles. The highest BCUT2D eigenvalue weighted by Gasteiger charge is 2.36. The molecule has 2 aliphatic rings. The largest absolute Gasteiger partial charge is 0.486 e. The average molecular weight is 441 g/mol. The quantitative estimate of drug-likeness (QED) is 0.279. The molecule has 1 nitrogen and oxygen atoms in total. The third-order valence-corrected chi connectivity index (χ3v) is 8.01. The molecule has 4 rings (SSSR count). The van der Waals surface area contributed by atoms with Crippen LogP contribution in [0.5, 0.6) is 5.75 Å². The van der Waals surface area contributed by atoms with E-state index in [1.807, 2.05) is 6.07 Å². The Kier molecular flexibility index (Phi) is 7.86. The van der Waals surface area contributed by atoms with Crippen LogP contribution < -0.4 is 4.74 Å². The molecule has 0 saturated heterocycles. The van der Waals surface area contributed by atoms with Crippen LogP contribution in [-0.4, -0.2) is 6.61 Å². The van der Waals surface area contributed by atoms with Gasteiger partial charge in [0.2, 0.25) is 0 Å². The van der Waals surface area contributed by atoms with Gasteiger partial charge in [0.05, 0.1) is 5.39 Å². The zero-order valence-corrected chi connectivity index (χ0v) is 19.6. The Balaban J connectivity index is 1.42. The minimum Gasteiger partial charge on any atom is -0.486 e. The van der Waals surface area contributed by atoms with Crippen LogP contribution in [0.4, 0.5) is 8.78 Å². The minimum absolute atomic E-state index is 0.0348. The molecule has 0 radical (unpaired) electrons. The first kappa shape index (κ1) is 23.3. The number of fused-ring (bicyclic) bond motifs is 2. The molecule has 2 aromatic carbocycles. The van der Waals surface area contributed by atoms with Crippen molar-refractivity contribution in [2.45, 2.75) is 83.5 Å². The molecular formula is C29H38F2O. The summed E-state index contributed by atoms with van der Waals surface area (Å²) in [5.41, 5.74) is 1.04. The fraction of sp³-hybridized carbons (Fsp3) is 0.586. The number of rotatable bonds is 9. The van der Waals surface area contributed by atoms with Gasteiger partial charge in [0.15, 0.2) is 11.6 Å². The van der Waals surface area contributed by atoms with E-state index in [1.54, 1.807) is 24.3 Å². The van der Waals surface area contributed by atoms with E-state index < -0.39 is 11.6 Å².